The van der Waals surface area contributed by atoms with Crippen LogP contribution in [0.15, 0.2) is 28.7 Å². The lowest BCUT2D eigenvalue weighted by atomic mass is 10.1. The lowest BCUT2D eigenvalue weighted by molar-refractivity contribution is 0.475. The predicted octanol–water partition coefficient (Wildman–Crippen LogP) is 4.43. The number of rotatable bonds is 2. The lowest BCUT2D eigenvalue weighted by Crippen LogP contribution is -1.97. The smallest absolute Gasteiger partial charge is 0.148 e. The molecule has 2 rings (SSSR count). The van der Waals surface area contributed by atoms with Crippen molar-refractivity contribution < 1.29 is 4.74 Å². The molecule has 0 aliphatic rings. The summed E-state index contributed by atoms with van der Waals surface area (Å²) in [4.78, 5) is 4.27. The van der Waals surface area contributed by atoms with Crippen molar-refractivity contribution in [3.05, 3.63) is 51.3 Å². The Hall–Kier alpha value is -1.86. The van der Waals surface area contributed by atoms with E-state index in [1.807, 2.05) is 39.0 Å². The fraction of sp³-hybridized carbons (Fsp3) is 0.200. The van der Waals surface area contributed by atoms with Crippen LogP contribution in [0.4, 0.5) is 0 Å². The molecule has 0 saturated heterocycles. The largest absolute Gasteiger partial charge is 0.456 e. The number of pyridine rings is 1. The first-order valence-electron chi connectivity index (χ1n) is 5.83. The molecule has 1 heterocycles. The molecule has 0 unspecified atom stereocenters. The maximum absolute atomic E-state index is 9.20. The summed E-state index contributed by atoms with van der Waals surface area (Å²) in [6.07, 6.45) is 0. The van der Waals surface area contributed by atoms with E-state index in [2.05, 4.69) is 27.0 Å². The third-order valence-electron chi connectivity index (χ3n) is 2.76. The average molecular weight is 317 g/mol. The van der Waals surface area contributed by atoms with Gasteiger partial charge in [0.1, 0.15) is 23.1 Å². The minimum atomic E-state index is 0.480. The SMILES string of the molecule is Cc1cc(Oc2ccc(Br)cc2C)c(C#N)c(C)n1. The number of nitriles is 1. The van der Waals surface area contributed by atoms with Crippen molar-refractivity contribution in [2.75, 3.05) is 0 Å². The second kappa shape index (κ2) is 5.41. The second-order valence-electron chi connectivity index (χ2n) is 4.35. The van der Waals surface area contributed by atoms with Gasteiger partial charge in [-0.25, -0.2) is 0 Å². The lowest BCUT2D eigenvalue weighted by Gasteiger charge is -2.12. The summed E-state index contributed by atoms with van der Waals surface area (Å²) in [6, 6.07) is 9.70. The van der Waals surface area contributed by atoms with E-state index in [1.54, 1.807) is 6.07 Å². The van der Waals surface area contributed by atoms with Gasteiger partial charge in [0, 0.05) is 16.2 Å². The van der Waals surface area contributed by atoms with E-state index in [-0.39, 0.29) is 0 Å². The first kappa shape index (κ1) is 13.6. The Morgan fingerprint density at radius 1 is 1.16 bits per heavy atom. The maximum Gasteiger partial charge on any atom is 0.148 e. The normalized spacial score (nSPS) is 10.1. The monoisotopic (exact) mass is 316 g/mol. The number of benzene rings is 1. The Morgan fingerprint density at radius 2 is 1.89 bits per heavy atom. The van der Waals surface area contributed by atoms with Gasteiger partial charge in [0.25, 0.3) is 0 Å². The topological polar surface area (TPSA) is 45.9 Å². The van der Waals surface area contributed by atoms with Crippen LogP contribution in [0, 0.1) is 32.1 Å². The van der Waals surface area contributed by atoms with Crippen LogP contribution in [0.1, 0.15) is 22.5 Å². The quantitative estimate of drug-likeness (QED) is 0.823. The van der Waals surface area contributed by atoms with Crippen molar-refractivity contribution >= 4 is 15.9 Å². The number of ether oxygens (including phenoxy) is 1. The molecule has 1 aromatic heterocycles. The van der Waals surface area contributed by atoms with Gasteiger partial charge in [-0.1, -0.05) is 15.9 Å². The average Bonchev–Trinajstić information content (AvgIpc) is 2.32. The number of hydrogen-bond donors (Lipinski definition) is 0. The molecule has 4 heteroatoms. The summed E-state index contributed by atoms with van der Waals surface area (Å²) in [7, 11) is 0. The van der Waals surface area contributed by atoms with Crippen LogP contribution in [0.5, 0.6) is 11.5 Å². The molecule has 2 aromatic rings. The molecule has 19 heavy (non-hydrogen) atoms. The molecule has 0 bridgehead atoms. The number of halogens is 1. The Kier molecular flexibility index (Phi) is 3.87. The maximum atomic E-state index is 9.20. The molecule has 96 valence electrons. The van der Waals surface area contributed by atoms with Crippen molar-refractivity contribution in [3.63, 3.8) is 0 Å². The summed E-state index contributed by atoms with van der Waals surface area (Å²) >= 11 is 3.42. The number of aromatic nitrogens is 1. The summed E-state index contributed by atoms with van der Waals surface area (Å²) in [5, 5.41) is 9.20. The van der Waals surface area contributed by atoms with Crippen LogP contribution in [0.25, 0.3) is 0 Å². The van der Waals surface area contributed by atoms with E-state index >= 15 is 0 Å². The molecule has 1 aromatic carbocycles. The first-order valence-corrected chi connectivity index (χ1v) is 6.63. The van der Waals surface area contributed by atoms with E-state index in [1.165, 1.54) is 0 Å². The minimum Gasteiger partial charge on any atom is -0.456 e. The highest BCUT2D eigenvalue weighted by molar-refractivity contribution is 9.10. The van der Waals surface area contributed by atoms with Crippen LogP contribution in [-0.4, -0.2) is 4.98 Å². The molecule has 0 spiro atoms. The molecule has 0 N–H and O–H groups in total. The molecule has 0 fully saturated rings. The van der Waals surface area contributed by atoms with Crippen molar-refractivity contribution in [2.45, 2.75) is 20.8 Å². The fourth-order valence-electron chi connectivity index (χ4n) is 1.86. The molecule has 0 radical (unpaired) electrons. The van der Waals surface area contributed by atoms with Gasteiger partial charge in [0.2, 0.25) is 0 Å². The van der Waals surface area contributed by atoms with Gasteiger partial charge in [-0.05, 0) is 44.5 Å². The number of hydrogen-bond acceptors (Lipinski definition) is 3. The van der Waals surface area contributed by atoms with Gasteiger partial charge in [-0.3, -0.25) is 4.98 Å². The molecule has 0 amide bonds. The highest BCUT2D eigenvalue weighted by Gasteiger charge is 2.11. The third-order valence-corrected chi connectivity index (χ3v) is 3.25. The summed E-state index contributed by atoms with van der Waals surface area (Å²) in [5.74, 6) is 1.29. The molecule has 0 aliphatic carbocycles. The standard InChI is InChI=1S/C15H13BrN2O/c1-9-6-12(16)4-5-14(9)19-15-7-10(2)18-11(3)13(15)8-17/h4-7H,1-3H3. The summed E-state index contributed by atoms with van der Waals surface area (Å²) in [6.45, 7) is 5.66. The minimum absolute atomic E-state index is 0.480. The zero-order valence-corrected chi connectivity index (χ0v) is 12.6. The second-order valence-corrected chi connectivity index (χ2v) is 5.26. The zero-order valence-electron chi connectivity index (χ0n) is 11.0. The van der Waals surface area contributed by atoms with Crippen molar-refractivity contribution in [2.24, 2.45) is 0 Å². The zero-order chi connectivity index (χ0) is 14.0. The fourth-order valence-corrected chi connectivity index (χ4v) is 2.33. The van der Waals surface area contributed by atoms with E-state index in [9.17, 15) is 5.26 Å². The van der Waals surface area contributed by atoms with Gasteiger partial charge in [-0.2, -0.15) is 5.26 Å². The van der Waals surface area contributed by atoms with Gasteiger partial charge in [-0.15, -0.1) is 0 Å². The van der Waals surface area contributed by atoms with Crippen molar-refractivity contribution in [3.8, 4) is 17.6 Å². The Morgan fingerprint density at radius 3 is 2.53 bits per heavy atom. The van der Waals surface area contributed by atoms with E-state index < -0.39 is 0 Å². The van der Waals surface area contributed by atoms with Crippen molar-refractivity contribution in [1.82, 2.24) is 4.98 Å². The van der Waals surface area contributed by atoms with Crippen molar-refractivity contribution in [1.29, 1.82) is 5.26 Å². The third kappa shape index (κ3) is 2.94. The molecule has 0 atom stereocenters. The first-order chi connectivity index (χ1) is 9.01. The van der Waals surface area contributed by atoms with E-state index in [0.717, 1.165) is 21.5 Å². The Labute approximate surface area is 121 Å². The van der Waals surface area contributed by atoms with Crippen LogP contribution >= 0.6 is 15.9 Å². The highest BCUT2D eigenvalue weighted by Crippen LogP contribution is 2.30. The summed E-state index contributed by atoms with van der Waals surface area (Å²) < 4.78 is 6.86. The molecule has 0 saturated carbocycles. The summed E-state index contributed by atoms with van der Waals surface area (Å²) in [5.41, 5.74) is 3.01. The van der Waals surface area contributed by atoms with Gasteiger partial charge in [0.05, 0.1) is 5.69 Å². The van der Waals surface area contributed by atoms with Crippen LogP contribution in [0.2, 0.25) is 0 Å². The van der Waals surface area contributed by atoms with Crippen LogP contribution in [-0.2, 0) is 0 Å². The Balaban J connectivity index is 2.46. The van der Waals surface area contributed by atoms with E-state index in [0.29, 0.717) is 17.0 Å². The van der Waals surface area contributed by atoms with Crippen LogP contribution < -0.4 is 4.74 Å². The van der Waals surface area contributed by atoms with E-state index in [4.69, 9.17) is 4.74 Å². The molecular weight excluding hydrogens is 304 g/mol. The van der Waals surface area contributed by atoms with Gasteiger partial charge >= 0.3 is 0 Å². The van der Waals surface area contributed by atoms with Gasteiger partial charge in [0.15, 0.2) is 0 Å². The molecule has 3 nitrogen and oxygen atoms in total. The van der Waals surface area contributed by atoms with Gasteiger partial charge < -0.3 is 4.74 Å². The Bertz CT molecular complexity index is 675. The number of aryl methyl sites for hydroxylation is 3. The molecule has 0 aliphatic heterocycles. The molecular formula is C15H13BrN2O. The highest BCUT2D eigenvalue weighted by atomic mass is 79.9. The van der Waals surface area contributed by atoms with Crippen LogP contribution in [0.3, 0.4) is 0 Å². The predicted molar refractivity (Wildman–Crippen MR) is 77.4 cm³/mol. The number of nitrogens with zero attached hydrogens (tertiary/aromatic N) is 2.